The van der Waals surface area contributed by atoms with Gasteiger partial charge >= 0.3 is 0 Å². The number of fused-ring (bicyclic) bond motifs is 2. The molecule has 334 valence electrons. The van der Waals surface area contributed by atoms with Gasteiger partial charge in [-0.1, -0.05) is 23.7 Å². The number of nitrogens with zero attached hydrogens (tertiary/aromatic N) is 8. The van der Waals surface area contributed by atoms with Crippen molar-refractivity contribution in [3.05, 3.63) is 102 Å². The van der Waals surface area contributed by atoms with E-state index in [9.17, 15) is 0 Å². The zero-order valence-electron chi connectivity index (χ0n) is 37.5. The molecule has 2 fully saturated rings. The van der Waals surface area contributed by atoms with Crippen molar-refractivity contribution in [3.8, 4) is 62.3 Å². The second-order valence-electron chi connectivity index (χ2n) is 16.1. The predicted molar refractivity (Wildman–Crippen MR) is 255 cm³/mol. The van der Waals surface area contributed by atoms with Gasteiger partial charge in [0.15, 0.2) is 11.5 Å². The molecule has 0 bridgehead atoms. The zero-order valence-corrected chi connectivity index (χ0v) is 38.2. The van der Waals surface area contributed by atoms with E-state index in [0.717, 1.165) is 103 Å². The number of anilines is 2. The average molecular weight is 895 g/mol. The van der Waals surface area contributed by atoms with E-state index in [1.54, 1.807) is 33.7 Å². The van der Waals surface area contributed by atoms with E-state index in [1.165, 1.54) is 0 Å². The van der Waals surface area contributed by atoms with Crippen molar-refractivity contribution >= 4 is 45.0 Å². The number of pyridine rings is 4. The molecule has 2 saturated heterocycles. The van der Waals surface area contributed by atoms with Crippen LogP contribution in [0.2, 0.25) is 5.02 Å². The fourth-order valence-electron chi connectivity index (χ4n) is 8.79. The number of morpholine rings is 2. The standard InChI is InChI=1S/C25H27N5O3.C24H24ClN5O2/c1-15-13-26-23(19-8-9-27-29-19)24-22(15)18(17-6-5-7-20(31-3)25(17)32-4)12-21(28-24)30-10-11-33-14-16(30)2;1-14-12-26-23(19-6-7-27-29-19)24-22(14)18(17-5-4-16(25)10-20(17)31-3)11-21(28-24)30-8-9-32-13-15(30)2/h5-9,12-13,16H,10-11,14H2,1-4H3,(H,27,29);4-7,10-12,15H,8-9,13H2,1-3H3,(H,27,29)/t16-;15-/m11/s1. The maximum atomic E-state index is 6.26. The first-order valence-corrected chi connectivity index (χ1v) is 21.9. The molecule has 2 N–H and O–H groups in total. The summed E-state index contributed by atoms with van der Waals surface area (Å²) in [7, 11) is 4.98. The Hall–Kier alpha value is -6.81. The molecule has 0 amide bonds. The van der Waals surface area contributed by atoms with Crippen molar-refractivity contribution in [1.29, 1.82) is 0 Å². The third-order valence-corrected chi connectivity index (χ3v) is 12.2. The van der Waals surface area contributed by atoms with Gasteiger partial charge in [-0.3, -0.25) is 20.2 Å². The summed E-state index contributed by atoms with van der Waals surface area (Å²) in [6.45, 7) is 12.6. The third-order valence-electron chi connectivity index (χ3n) is 12.0. The lowest BCUT2D eigenvalue weighted by molar-refractivity contribution is 0.0985. The van der Waals surface area contributed by atoms with Crippen molar-refractivity contribution in [2.24, 2.45) is 0 Å². The number of aromatic amines is 2. The number of aromatic nitrogens is 8. The van der Waals surface area contributed by atoms with Gasteiger partial charge in [-0.05, 0) is 98.5 Å². The van der Waals surface area contributed by atoms with Gasteiger partial charge in [0.05, 0.1) is 71.2 Å². The van der Waals surface area contributed by atoms with E-state index >= 15 is 0 Å². The number of hydrogen-bond donors (Lipinski definition) is 2. The monoisotopic (exact) mass is 894 g/mol. The Bertz CT molecular complexity index is 2970. The lowest BCUT2D eigenvalue weighted by atomic mass is 9.96. The van der Waals surface area contributed by atoms with Crippen LogP contribution in [-0.2, 0) is 9.47 Å². The fourth-order valence-corrected chi connectivity index (χ4v) is 8.95. The molecule has 65 heavy (non-hydrogen) atoms. The van der Waals surface area contributed by atoms with Crippen molar-refractivity contribution < 1.29 is 23.7 Å². The minimum absolute atomic E-state index is 0.206. The molecule has 2 atom stereocenters. The Kier molecular flexibility index (Phi) is 12.5. The Balaban J connectivity index is 0.000000164. The molecule has 0 radical (unpaired) electrons. The lowest BCUT2D eigenvalue weighted by Crippen LogP contribution is -2.44. The van der Waals surface area contributed by atoms with Crippen molar-refractivity contribution in [3.63, 3.8) is 0 Å². The van der Waals surface area contributed by atoms with Crippen LogP contribution in [0.3, 0.4) is 0 Å². The van der Waals surface area contributed by atoms with Crippen molar-refractivity contribution in [2.45, 2.75) is 39.8 Å². The SMILES string of the molecule is COc1cc(Cl)ccc1-c1cc(N2CCOC[C@H]2C)nc2c(-c3ccn[nH]3)ncc(C)c12.COc1cccc(-c2cc(N3CCOC[C@H]3C)nc3c(-c4ccn[nH]4)ncc(C)c23)c1OC. The first-order valence-electron chi connectivity index (χ1n) is 21.5. The summed E-state index contributed by atoms with van der Waals surface area (Å²) < 4.78 is 28.4. The van der Waals surface area contributed by atoms with Crippen LogP contribution in [0.25, 0.3) is 66.8 Å². The summed E-state index contributed by atoms with van der Waals surface area (Å²) in [5.41, 5.74) is 10.8. The number of aryl methyl sites for hydroxylation is 2. The second kappa shape index (κ2) is 18.7. The van der Waals surface area contributed by atoms with Crippen LogP contribution < -0.4 is 24.0 Å². The summed E-state index contributed by atoms with van der Waals surface area (Å²) in [4.78, 5) is 24.3. The van der Waals surface area contributed by atoms with Crippen molar-refractivity contribution in [1.82, 2.24) is 40.3 Å². The quantitative estimate of drug-likeness (QED) is 0.141. The fraction of sp³-hybridized carbons (Fsp3) is 0.306. The van der Waals surface area contributed by atoms with Crippen LogP contribution in [0.5, 0.6) is 17.2 Å². The summed E-state index contributed by atoms with van der Waals surface area (Å²) in [5, 5.41) is 17.0. The molecular formula is C49H51ClN10O5. The van der Waals surface area contributed by atoms with Gasteiger partial charge in [0, 0.05) is 64.8 Å². The normalized spacial score (nSPS) is 16.4. The zero-order chi connectivity index (χ0) is 45.2. The number of halogens is 1. The Labute approximate surface area is 382 Å². The average Bonchev–Trinajstić information content (AvgIpc) is 4.08. The van der Waals surface area contributed by atoms with Crippen LogP contribution in [0.4, 0.5) is 11.6 Å². The van der Waals surface area contributed by atoms with Gasteiger partial charge in [-0.15, -0.1) is 0 Å². The molecule has 2 aliphatic rings. The minimum atomic E-state index is 0.206. The van der Waals surface area contributed by atoms with Gasteiger partial charge in [0.25, 0.3) is 0 Å². The number of benzene rings is 2. The van der Waals surface area contributed by atoms with Gasteiger partial charge < -0.3 is 33.5 Å². The smallest absolute Gasteiger partial charge is 0.168 e. The maximum absolute atomic E-state index is 6.26. The van der Waals surface area contributed by atoms with E-state index in [4.69, 9.17) is 55.2 Å². The molecular weight excluding hydrogens is 844 g/mol. The molecule has 2 aromatic carbocycles. The molecule has 15 nitrogen and oxygen atoms in total. The largest absolute Gasteiger partial charge is 0.496 e. The summed E-state index contributed by atoms with van der Waals surface area (Å²) in [5.74, 6) is 3.85. The number of ether oxygens (including phenoxy) is 5. The highest BCUT2D eigenvalue weighted by Crippen LogP contribution is 2.45. The Morgan fingerprint density at radius 1 is 0.631 bits per heavy atom. The number of nitrogens with one attached hydrogen (secondary N) is 2. The molecule has 0 spiro atoms. The second-order valence-corrected chi connectivity index (χ2v) is 16.6. The number of rotatable bonds is 9. The molecule has 8 aromatic rings. The first-order chi connectivity index (χ1) is 31.7. The highest BCUT2D eigenvalue weighted by atomic mass is 35.5. The molecule has 16 heteroatoms. The third kappa shape index (κ3) is 8.38. The summed E-state index contributed by atoms with van der Waals surface area (Å²) in [6, 6.07) is 20.2. The molecule has 2 aliphatic heterocycles. The summed E-state index contributed by atoms with van der Waals surface area (Å²) >= 11 is 6.26. The topological polar surface area (TPSA) is 162 Å². The predicted octanol–water partition coefficient (Wildman–Crippen LogP) is 9.12. The van der Waals surface area contributed by atoms with Crippen LogP contribution in [0.1, 0.15) is 25.0 Å². The van der Waals surface area contributed by atoms with E-state index in [2.05, 4.69) is 76.1 Å². The number of para-hydroxylation sites is 1. The van der Waals surface area contributed by atoms with E-state index < -0.39 is 0 Å². The van der Waals surface area contributed by atoms with E-state index in [0.29, 0.717) is 48.7 Å². The van der Waals surface area contributed by atoms with Crippen LogP contribution in [0, 0.1) is 13.8 Å². The van der Waals surface area contributed by atoms with E-state index in [1.807, 2.05) is 54.9 Å². The molecule has 0 unspecified atom stereocenters. The number of H-pyrrole nitrogens is 2. The highest BCUT2D eigenvalue weighted by Gasteiger charge is 2.27. The van der Waals surface area contributed by atoms with E-state index in [-0.39, 0.29) is 12.1 Å². The molecule has 0 saturated carbocycles. The first kappa shape index (κ1) is 43.4. The Morgan fingerprint density at radius 3 is 1.65 bits per heavy atom. The highest BCUT2D eigenvalue weighted by molar-refractivity contribution is 6.30. The molecule has 6 aromatic heterocycles. The van der Waals surface area contributed by atoms with Gasteiger partial charge in [0.1, 0.15) is 39.8 Å². The van der Waals surface area contributed by atoms with Crippen LogP contribution in [-0.4, -0.2) is 113 Å². The van der Waals surface area contributed by atoms with Crippen LogP contribution in [0.15, 0.2) is 85.5 Å². The van der Waals surface area contributed by atoms with Gasteiger partial charge in [-0.25, -0.2) is 9.97 Å². The molecule has 0 aliphatic carbocycles. The number of hydrogen-bond acceptors (Lipinski definition) is 13. The lowest BCUT2D eigenvalue weighted by Gasteiger charge is -2.35. The minimum Gasteiger partial charge on any atom is -0.496 e. The van der Waals surface area contributed by atoms with Crippen LogP contribution >= 0.6 is 11.6 Å². The van der Waals surface area contributed by atoms with Crippen molar-refractivity contribution in [2.75, 3.05) is 70.6 Å². The number of methoxy groups -OCH3 is 3. The summed E-state index contributed by atoms with van der Waals surface area (Å²) in [6.07, 6.45) is 7.21. The van der Waals surface area contributed by atoms with Gasteiger partial charge in [-0.2, -0.15) is 10.2 Å². The molecule has 10 rings (SSSR count). The van der Waals surface area contributed by atoms with Gasteiger partial charge in [0.2, 0.25) is 0 Å². The Morgan fingerprint density at radius 2 is 1.17 bits per heavy atom. The maximum Gasteiger partial charge on any atom is 0.168 e. The molecule has 8 heterocycles.